The summed E-state index contributed by atoms with van der Waals surface area (Å²) >= 11 is 5.90. The van der Waals surface area contributed by atoms with E-state index in [9.17, 15) is 9.59 Å². The Morgan fingerprint density at radius 2 is 2.17 bits per heavy atom. The van der Waals surface area contributed by atoms with Crippen LogP contribution in [0.25, 0.3) is 5.69 Å². The Hall–Kier alpha value is -2.34. The maximum atomic E-state index is 12.4. The number of nitrogens with zero attached hydrogens (tertiary/aromatic N) is 2. The highest BCUT2D eigenvalue weighted by atomic mass is 35.5. The van der Waals surface area contributed by atoms with Crippen molar-refractivity contribution in [1.29, 1.82) is 0 Å². The van der Waals surface area contributed by atoms with Crippen LogP contribution in [0.3, 0.4) is 0 Å². The monoisotopic (exact) mass is 346 g/mol. The van der Waals surface area contributed by atoms with Gasteiger partial charge in [-0.15, -0.1) is 0 Å². The molecule has 0 bridgehead atoms. The molecule has 2 N–H and O–H groups in total. The summed E-state index contributed by atoms with van der Waals surface area (Å²) in [5, 5.41) is 10.7. The van der Waals surface area contributed by atoms with Gasteiger partial charge in [0.15, 0.2) is 0 Å². The van der Waals surface area contributed by atoms with E-state index in [1.54, 1.807) is 23.0 Å². The van der Waals surface area contributed by atoms with Crippen LogP contribution in [0, 0.1) is 6.92 Å². The number of hydrogen-bond donors (Lipinski definition) is 2. The molecule has 1 aromatic heterocycles. The molecule has 1 aromatic carbocycles. The van der Waals surface area contributed by atoms with Gasteiger partial charge in [-0.25, -0.2) is 4.68 Å². The van der Waals surface area contributed by atoms with E-state index in [0.717, 1.165) is 24.2 Å². The third-order valence-electron chi connectivity index (χ3n) is 4.16. The van der Waals surface area contributed by atoms with Crippen LogP contribution in [-0.2, 0) is 4.79 Å². The second-order valence-corrected chi connectivity index (χ2v) is 6.34. The first kappa shape index (κ1) is 16.5. The fraction of sp³-hybridized carbons (Fsp3) is 0.353. The molecule has 0 spiro atoms. The molecule has 1 fully saturated rings. The molecule has 3 rings (SSSR count). The Bertz CT molecular complexity index is 754. The number of piperidine rings is 1. The lowest BCUT2D eigenvalue weighted by Gasteiger charge is -2.23. The summed E-state index contributed by atoms with van der Waals surface area (Å²) in [7, 11) is 0. The van der Waals surface area contributed by atoms with Crippen molar-refractivity contribution >= 4 is 23.4 Å². The topological polar surface area (TPSA) is 76.0 Å². The number of amides is 2. The highest BCUT2D eigenvalue weighted by Gasteiger charge is 2.20. The van der Waals surface area contributed by atoms with Crippen LogP contribution in [0.15, 0.2) is 30.5 Å². The first-order chi connectivity index (χ1) is 11.5. The van der Waals surface area contributed by atoms with E-state index in [-0.39, 0.29) is 17.9 Å². The van der Waals surface area contributed by atoms with Crippen molar-refractivity contribution in [3.63, 3.8) is 0 Å². The fourth-order valence-corrected chi connectivity index (χ4v) is 2.95. The largest absolute Gasteiger partial charge is 0.352 e. The van der Waals surface area contributed by atoms with Gasteiger partial charge in [-0.2, -0.15) is 5.10 Å². The van der Waals surface area contributed by atoms with Crippen molar-refractivity contribution in [2.45, 2.75) is 32.2 Å². The quantitative estimate of drug-likeness (QED) is 0.891. The average molecular weight is 347 g/mol. The zero-order chi connectivity index (χ0) is 17.1. The predicted octanol–water partition coefficient (Wildman–Crippen LogP) is 2.23. The summed E-state index contributed by atoms with van der Waals surface area (Å²) < 4.78 is 1.70. The standard InChI is InChI=1S/C17H19ClN4O2/c1-11-15(10-20-22(11)14-7-5-12(18)6-8-14)17(24)19-9-13-3-2-4-16(23)21-13/h5-8,10,13H,2-4,9H2,1H3,(H,19,24)(H,21,23)/t13-/m1/s1. The molecule has 0 saturated carbocycles. The molecule has 1 aliphatic heterocycles. The molecule has 1 atom stereocenters. The van der Waals surface area contributed by atoms with Crippen LogP contribution in [0.2, 0.25) is 5.02 Å². The fourth-order valence-electron chi connectivity index (χ4n) is 2.82. The number of carbonyl (C=O) groups is 2. The van der Waals surface area contributed by atoms with Gasteiger partial charge < -0.3 is 10.6 Å². The van der Waals surface area contributed by atoms with Gasteiger partial charge in [0.25, 0.3) is 5.91 Å². The van der Waals surface area contributed by atoms with Gasteiger partial charge in [-0.3, -0.25) is 9.59 Å². The van der Waals surface area contributed by atoms with Crippen molar-refractivity contribution in [3.8, 4) is 5.69 Å². The lowest BCUT2D eigenvalue weighted by atomic mass is 10.0. The number of nitrogens with one attached hydrogen (secondary N) is 2. The van der Waals surface area contributed by atoms with Crippen molar-refractivity contribution in [2.24, 2.45) is 0 Å². The molecule has 1 saturated heterocycles. The van der Waals surface area contributed by atoms with E-state index >= 15 is 0 Å². The SMILES string of the molecule is Cc1c(C(=O)NC[C@H]2CCCC(=O)N2)cnn1-c1ccc(Cl)cc1. The van der Waals surface area contributed by atoms with Crippen LogP contribution < -0.4 is 10.6 Å². The molecule has 1 aliphatic rings. The number of aromatic nitrogens is 2. The number of benzene rings is 1. The van der Waals surface area contributed by atoms with Crippen LogP contribution in [0.1, 0.15) is 35.3 Å². The highest BCUT2D eigenvalue weighted by Crippen LogP contribution is 2.17. The molecule has 6 nitrogen and oxygen atoms in total. The molecule has 0 aliphatic carbocycles. The maximum Gasteiger partial charge on any atom is 0.254 e. The van der Waals surface area contributed by atoms with Crippen LogP contribution in [-0.4, -0.2) is 34.2 Å². The minimum Gasteiger partial charge on any atom is -0.352 e. The minimum absolute atomic E-state index is 0.00168. The Morgan fingerprint density at radius 3 is 2.88 bits per heavy atom. The smallest absolute Gasteiger partial charge is 0.254 e. The van der Waals surface area contributed by atoms with Gasteiger partial charge in [0.05, 0.1) is 23.1 Å². The third-order valence-corrected chi connectivity index (χ3v) is 4.41. The molecule has 0 radical (unpaired) electrons. The van der Waals surface area contributed by atoms with Crippen LogP contribution in [0.4, 0.5) is 0 Å². The zero-order valence-corrected chi connectivity index (χ0v) is 14.1. The number of halogens is 1. The molecule has 2 amide bonds. The summed E-state index contributed by atoms with van der Waals surface area (Å²) in [6, 6.07) is 7.26. The van der Waals surface area contributed by atoms with Gasteiger partial charge in [0, 0.05) is 24.0 Å². The maximum absolute atomic E-state index is 12.4. The Balaban J connectivity index is 1.67. The predicted molar refractivity (Wildman–Crippen MR) is 91.4 cm³/mol. The molecule has 7 heteroatoms. The van der Waals surface area contributed by atoms with Gasteiger partial charge >= 0.3 is 0 Å². The Labute approximate surface area is 145 Å². The average Bonchev–Trinajstić information content (AvgIpc) is 2.95. The first-order valence-electron chi connectivity index (χ1n) is 7.92. The molecule has 24 heavy (non-hydrogen) atoms. The van der Waals surface area contributed by atoms with Crippen molar-refractivity contribution in [2.75, 3.05) is 6.54 Å². The molecular weight excluding hydrogens is 328 g/mol. The van der Waals surface area contributed by atoms with Crippen molar-refractivity contribution in [3.05, 3.63) is 46.7 Å². The first-order valence-corrected chi connectivity index (χ1v) is 8.30. The lowest BCUT2D eigenvalue weighted by Crippen LogP contribution is -2.46. The van der Waals surface area contributed by atoms with Crippen LogP contribution >= 0.6 is 11.6 Å². The Morgan fingerprint density at radius 1 is 1.42 bits per heavy atom. The number of carbonyl (C=O) groups excluding carboxylic acids is 2. The second-order valence-electron chi connectivity index (χ2n) is 5.90. The summed E-state index contributed by atoms with van der Waals surface area (Å²) in [5.74, 6) is -0.139. The summed E-state index contributed by atoms with van der Waals surface area (Å²) in [6.07, 6.45) is 3.87. The molecule has 0 unspecified atom stereocenters. The van der Waals surface area contributed by atoms with E-state index in [0.29, 0.717) is 23.6 Å². The summed E-state index contributed by atoms with van der Waals surface area (Å²) in [6.45, 7) is 2.27. The normalized spacial score (nSPS) is 17.4. The number of hydrogen-bond acceptors (Lipinski definition) is 3. The minimum atomic E-state index is -0.187. The summed E-state index contributed by atoms with van der Waals surface area (Å²) in [4.78, 5) is 23.8. The van der Waals surface area contributed by atoms with Gasteiger partial charge in [0.1, 0.15) is 0 Å². The van der Waals surface area contributed by atoms with E-state index in [1.165, 1.54) is 0 Å². The zero-order valence-electron chi connectivity index (χ0n) is 13.4. The second kappa shape index (κ2) is 7.05. The van der Waals surface area contributed by atoms with E-state index in [4.69, 9.17) is 11.6 Å². The van der Waals surface area contributed by atoms with Gasteiger partial charge in [-0.1, -0.05) is 11.6 Å². The van der Waals surface area contributed by atoms with Crippen molar-refractivity contribution < 1.29 is 9.59 Å². The Kier molecular flexibility index (Phi) is 4.85. The van der Waals surface area contributed by atoms with Gasteiger partial charge in [0.2, 0.25) is 5.91 Å². The number of rotatable bonds is 4. The summed E-state index contributed by atoms with van der Waals surface area (Å²) in [5.41, 5.74) is 2.12. The third kappa shape index (κ3) is 3.59. The van der Waals surface area contributed by atoms with Crippen LogP contribution in [0.5, 0.6) is 0 Å². The molecular formula is C17H19ClN4O2. The molecule has 2 heterocycles. The van der Waals surface area contributed by atoms with Gasteiger partial charge in [-0.05, 0) is 44.0 Å². The van der Waals surface area contributed by atoms with E-state index in [1.807, 2.05) is 19.1 Å². The lowest BCUT2D eigenvalue weighted by molar-refractivity contribution is -0.123. The van der Waals surface area contributed by atoms with E-state index < -0.39 is 0 Å². The van der Waals surface area contributed by atoms with Crippen molar-refractivity contribution in [1.82, 2.24) is 20.4 Å². The molecule has 126 valence electrons. The highest BCUT2D eigenvalue weighted by molar-refractivity contribution is 6.30. The molecule has 2 aromatic rings. The van der Waals surface area contributed by atoms with E-state index in [2.05, 4.69) is 15.7 Å².